The number of amides is 1. The maximum Gasteiger partial charge on any atom is 0.305 e. The first-order chi connectivity index (χ1) is 27.5. The third-order valence-corrected chi connectivity index (χ3v) is 11.6. The lowest BCUT2D eigenvalue weighted by molar-refractivity contribution is -0.143. The zero-order valence-electron chi connectivity index (χ0n) is 37.6. The molecule has 6 nitrogen and oxygen atoms in total. The molecule has 0 aliphatic heterocycles. The summed E-state index contributed by atoms with van der Waals surface area (Å²) in [6.07, 6.45) is 52.0. The van der Waals surface area contributed by atoms with E-state index in [4.69, 9.17) is 4.74 Å². The molecule has 56 heavy (non-hydrogen) atoms. The van der Waals surface area contributed by atoms with Crippen molar-refractivity contribution < 1.29 is 24.5 Å². The van der Waals surface area contributed by atoms with E-state index in [2.05, 4.69) is 19.2 Å². The summed E-state index contributed by atoms with van der Waals surface area (Å²) in [5.41, 5.74) is 0. The van der Waals surface area contributed by atoms with Crippen LogP contribution in [0.15, 0.2) is 12.2 Å². The van der Waals surface area contributed by atoms with Gasteiger partial charge in [0.15, 0.2) is 0 Å². The van der Waals surface area contributed by atoms with Gasteiger partial charge in [-0.05, 0) is 32.1 Å². The Hall–Kier alpha value is -1.40. The number of aliphatic hydroxyl groups excluding tert-OH is 2. The molecule has 0 aliphatic carbocycles. The van der Waals surface area contributed by atoms with Gasteiger partial charge in [0.05, 0.1) is 25.4 Å². The predicted molar refractivity (Wildman–Crippen MR) is 241 cm³/mol. The summed E-state index contributed by atoms with van der Waals surface area (Å²) in [7, 11) is 0. The van der Waals surface area contributed by atoms with Gasteiger partial charge in [-0.3, -0.25) is 9.59 Å². The van der Waals surface area contributed by atoms with Crippen LogP contribution in [0.2, 0.25) is 0 Å². The van der Waals surface area contributed by atoms with Crippen LogP contribution < -0.4 is 5.32 Å². The van der Waals surface area contributed by atoms with Gasteiger partial charge >= 0.3 is 5.97 Å². The van der Waals surface area contributed by atoms with Crippen LogP contribution in [0.1, 0.15) is 271 Å². The molecule has 6 heteroatoms. The highest BCUT2D eigenvalue weighted by Gasteiger charge is 2.18. The summed E-state index contributed by atoms with van der Waals surface area (Å²) < 4.78 is 5.45. The van der Waals surface area contributed by atoms with Crippen molar-refractivity contribution in [3.8, 4) is 0 Å². The molecular weight excluding hydrogens is 695 g/mol. The van der Waals surface area contributed by atoms with Gasteiger partial charge in [0.1, 0.15) is 0 Å². The number of nitrogens with one attached hydrogen (secondary N) is 1. The molecule has 2 unspecified atom stereocenters. The van der Waals surface area contributed by atoms with Crippen molar-refractivity contribution in [3.05, 3.63) is 12.2 Å². The van der Waals surface area contributed by atoms with E-state index in [0.29, 0.717) is 19.4 Å². The number of rotatable bonds is 46. The summed E-state index contributed by atoms with van der Waals surface area (Å²) in [6.45, 7) is 4.84. The van der Waals surface area contributed by atoms with Gasteiger partial charge in [0.25, 0.3) is 0 Å². The van der Waals surface area contributed by atoms with Crippen molar-refractivity contribution in [1.82, 2.24) is 5.32 Å². The number of hydrogen-bond donors (Lipinski definition) is 3. The van der Waals surface area contributed by atoms with Crippen LogP contribution in [0, 0.1) is 0 Å². The molecule has 0 heterocycles. The topological polar surface area (TPSA) is 95.9 Å². The molecule has 1 amide bonds. The average Bonchev–Trinajstić information content (AvgIpc) is 3.20. The van der Waals surface area contributed by atoms with Gasteiger partial charge in [-0.1, -0.05) is 238 Å². The highest BCUT2D eigenvalue weighted by Crippen LogP contribution is 2.16. The first-order valence-electron chi connectivity index (χ1n) is 25.0. The molecule has 3 N–H and O–H groups in total. The van der Waals surface area contributed by atoms with Gasteiger partial charge in [-0.25, -0.2) is 0 Å². The average molecular weight is 792 g/mol. The van der Waals surface area contributed by atoms with Crippen molar-refractivity contribution in [2.75, 3.05) is 13.2 Å². The second-order valence-electron chi connectivity index (χ2n) is 17.2. The Morgan fingerprint density at radius 3 is 1.21 bits per heavy atom. The van der Waals surface area contributed by atoms with Gasteiger partial charge in [0.2, 0.25) is 5.91 Å². The molecule has 0 aromatic rings. The van der Waals surface area contributed by atoms with Crippen LogP contribution in [0.5, 0.6) is 0 Å². The molecule has 0 radical (unpaired) electrons. The number of unbranched alkanes of at least 4 members (excludes halogenated alkanes) is 35. The minimum Gasteiger partial charge on any atom is -0.466 e. The van der Waals surface area contributed by atoms with E-state index in [1.807, 2.05) is 6.08 Å². The minimum absolute atomic E-state index is 0.0244. The Labute approximate surface area is 349 Å². The van der Waals surface area contributed by atoms with E-state index in [0.717, 1.165) is 57.8 Å². The van der Waals surface area contributed by atoms with Crippen LogP contribution in [0.25, 0.3) is 0 Å². The lowest BCUT2D eigenvalue weighted by Gasteiger charge is -2.20. The van der Waals surface area contributed by atoms with Gasteiger partial charge < -0.3 is 20.3 Å². The summed E-state index contributed by atoms with van der Waals surface area (Å²) in [5.74, 6) is -0.118. The first kappa shape index (κ1) is 54.6. The highest BCUT2D eigenvalue weighted by atomic mass is 16.5. The van der Waals surface area contributed by atoms with Crippen LogP contribution >= 0.6 is 0 Å². The van der Waals surface area contributed by atoms with E-state index in [9.17, 15) is 19.8 Å². The van der Waals surface area contributed by atoms with Crippen molar-refractivity contribution in [3.63, 3.8) is 0 Å². The fraction of sp³-hybridized carbons (Fsp3) is 0.920. The molecule has 0 aromatic carbocycles. The fourth-order valence-corrected chi connectivity index (χ4v) is 7.69. The molecule has 0 saturated carbocycles. The lowest BCUT2D eigenvalue weighted by atomic mass is 10.0. The van der Waals surface area contributed by atoms with E-state index in [1.54, 1.807) is 6.08 Å². The zero-order chi connectivity index (χ0) is 40.8. The zero-order valence-corrected chi connectivity index (χ0v) is 37.6. The second-order valence-corrected chi connectivity index (χ2v) is 17.2. The molecule has 0 aromatic heterocycles. The SMILES string of the molecule is CCCCCCCCCCCCCCC/C=C/C(O)C(CO)NC(=O)CCCCCCCCCCCOC(=O)CCCCCCCCCCCCCCCCC. The smallest absolute Gasteiger partial charge is 0.305 e. The Morgan fingerprint density at radius 2 is 0.821 bits per heavy atom. The minimum atomic E-state index is -0.860. The third kappa shape index (κ3) is 42.2. The van der Waals surface area contributed by atoms with E-state index in [1.165, 1.54) is 186 Å². The molecule has 0 rings (SSSR count). The van der Waals surface area contributed by atoms with Crippen molar-refractivity contribution in [2.24, 2.45) is 0 Å². The molecule has 332 valence electrons. The van der Waals surface area contributed by atoms with Crippen molar-refractivity contribution in [2.45, 2.75) is 283 Å². The maximum atomic E-state index is 12.4. The third-order valence-electron chi connectivity index (χ3n) is 11.6. The number of hydrogen-bond acceptors (Lipinski definition) is 5. The molecule has 0 bridgehead atoms. The van der Waals surface area contributed by atoms with E-state index >= 15 is 0 Å². The molecule has 0 fully saturated rings. The fourth-order valence-electron chi connectivity index (χ4n) is 7.69. The van der Waals surface area contributed by atoms with Gasteiger partial charge in [-0.15, -0.1) is 0 Å². The number of esters is 1. The van der Waals surface area contributed by atoms with Crippen LogP contribution in [0.4, 0.5) is 0 Å². The first-order valence-corrected chi connectivity index (χ1v) is 25.0. The number of ether oxygens (including phenoxy) is 1. The second kappa shape index (κ2) is 46.3. The number of carbonyl (C=O) groups is 2. The van der Waals surface area contributed by atoms with Crippen molar-refractivity contribution in [1.29, 1.82) is 0 Å². The van der Waals surface area contributed by atoms with Crippen LogP contribution in [0.3, 0.4) is 0 Å². The molecule has 0 spiro atoms. The Balaban J connectivity index is 3.51. The van der Waals surface area contributed by atoms with Gasteiger partial charge in [-0.2, -0.15) is 0 Å². The summed E-state index contributed by atoms with van der Waals surface area (Å²) in [6, 6.07) is -0.646. The molecular formula is C50H97NO5. The van der Waals surface area contributed by atoms with Crippen LogP contribution in [-0.4, -0.2) is 47.4 Å². The normalized spacial score (nSPS) is 12.7. The largest absolute Gasteiger partial charge is 0.466 e. The highest BCUT2D eigenvalue weighted by molar-refractivity contribution is 5.76. The standard InChI is InChI=1S/C50H97NO5/c1-3-5-7-9-11-13-15-17-19-21-23-26-30-34-38-42-48(53)47(46-52)51-49(54)43-39-35-31-27-25-29-33-37-41-45-56-50(55)44-40-36-32-28-24-22-20-18-16-14-12-10-8-6-4-2/h38,42,47-48,52-53H,3-37,39-41,43-46H2,1-2H3,(H,51,54)/b42-38+. The number of allylic oxidation sites excluding steroid dienone is 1. The Kier molecular flexibility index (Phi) is 45.1. The monoisotopic (exact) mass is 792 g/mol. The molecule has 2 atom stereocenters. The Bertz CT molecular complexity index is 832. The lowest BCUT2D eigenvalue weighted by Crippen LogP contribution is -2.45. The molecule has 0 saturated heterocycles. The summed E-state index contributed by atoms with van der Waals surface area (Å²) >= 11 is 0. The number of aliphatic hydroxyl groups is 2. The summed E-state index contributed by atoms with van der Waals surface area (Å²) in [4.78, 5) is 24.4. The predicted octanol–water partition coefficient (Wildman–Crippen LogP) is 14.6. The summed E-state index contributed by atoms with van der Waals surface area (Å²) in [5, 5.41) is 23.0. The maximum absolute atomic E-state index is 12.4. The number of carbonyl (C=O) groups excluding carboxylic acids is 2. The van der Waals surface area contributed by atoms with Crippen LogP contribution in [-0.2, 0) is 14.3 Å². The van der Waals surface area contributed by atoms with E-state index < -0.39 is 12.1 Å². The Morgan fingerprint density at radius 1 is 0.482 bits per heavy atom. The quantitative estimate of drug-likeness (QED) is 0.0324. The molecule has 0 aliphatic rings. The van der Waals surface area contributed by atoms with E-state index in [-0.39, 0.29) is 18.5 Å². The van der Waals surface area contributed by atoms with Gasteiger partial charge in [0, 0.05) is 12.8 Å². The van der Waals surface area contributed by atoms with Crippen molar-refractivity contribution >= 4 is 11.9 Å².